The summed E-state index contributed by atoms with van der Waals surface area (Å²) >= 11 is 1.23. The van der Waals surface area contributed by atoms with Crippen LogP contribution in [0.2, 0.25) is 0 Å². The highest BCUT2D eigenvalue weighted by molar-refractivity contribution is 7.09. The van der Waals surface area contributed by atoms with Gasteiger partial charge in [-0.05, 0) is 39.0 Å². The standard InChI is InChI=1S/C17H28N2O3S/c1-12-13(2)23-17(22)19(12)10-8-16(21)18-15(9-11-20)14-6-4-3-5-7-14/h14-15,20H,3-11H2,1-2H3,(H,18,21). The third-order valence-corrected chi connectivity index (χ3v) is 5.94. The molecule has 0 saturated heterocycles. The van der Waals surface area contributed by atoms with Gasteiger partial charge in [0.2, 0.25) is 5.91 Å². The number of aliphatic hydroxyl groups excluding tert-OH is 1. The maximum absolute atomic E-state index is 12.3. The molecular weight excluding hydrogens is 312 g/mol. The molecule has 2 rings (SSSR count). The molecule has 0 bridgehead atoms. The first kappa shape index (κ1) is 18.2. The number of carbonyl (C=O) groups excluding carboxylic acids is 1. The van der Waals surface area contributed by atoms with Gasteiger partial charge in [0.25, 0.3) is 0 Å². The minimum absolute atomic E-state index is 0.00647. The second-order valence-corrected chi connectivity index (χ2v) is 7.66. The third-order valence-electron chi connectivity index (χ3n) is 4.94. The molecule has 1 amide bonds. The van der Waals surface area contributed by atoms with Crippen LogP contribution in [0.4, 0.5) is 0 Å². The summed E-state index contributed by atoms with van der Waals surface area (Å²) in [5, 5.41) is 12.4. The van der Waals surface area contributed by atoms with Crippen molar-refractivity contribution in [1.29, 1.82) is 0 Å². The van der Waals surface area contributed by atoms with Crippen LogP contribution in [-0.2, 0) is 11.3 Å². The monoisotopic (exact) mass is 340 g/mol. The Labute approximate surface area is 141 Å². The minimum atomic E-state index is -0.0239. The number of amides is 1. The number of nitrogens with one attached hydrogen (secondary N) is 1. The van der Waals surface area contributed by atoms with Crippen molar-refractivity contribution in [3.63, 3.8) is 0 Å². The van der Waals surface area contributed by atoms with E-state index in [2.05, 4.69) is 5.32 Å². The van der Waals surface area contributed by atoms with Gasteiger partial charge in [-0.2, -0.15) is 0 Å². The Kier molecular flexibility index (Phi) is 6.84. The lowest BCUT2D eigenvalue weighted by Crippen LogP contribution is -2.42. The van der Waals surface area contributed by atoms with Crippen LogP contribution in [0.15, 0.2) is 4.79 Å². The summed E-state index contributed by atoms with van der Waals surface area (Å²) in [7, 11) is 0. The van der Waals surface area contributed by atoms with Crippen LogP contribution >= 0.6 is 11.3 Å². The van der Waals surface area contributed by atoms with Gasteiger partial charge < -0.3 is 15.0 Å². The van der Waals surface area contributed by atoms with Crippen LogP contribution in [0.5, 0.6) is 0 Å². The van der Waals surface area contributed by atoms with E-state index in [0.717, 1.165) is 23.4 Å². The lowest BCUT2D eigenvalue weighted by Gasteiger charge is -2.30. The number of rotatable bonds is 7. The fourth-order valence-electron chi connectivity index (χ4n) is 3.44. The van der Waals surface area contributed by atoms with E-state index < -0.39 is 0 Å². The molecule has 1 saturated carbocycles. The third kappa shape index (κ3) is 4.91. The number of aromatic nitrogens is 1. The summed E-state index contributed by atoms with van der Waals surface area (Å²) in [6.07, 6.45) is 6.89. The summed E-state index contributed by atoms with van der Waals surface area (Å²) in [4.78, 5) is 25.1. The number of hydrogen-bond donors (Lipinski definition) is 2. The molecule has 6 heteroatoms. The first-order valence-electron chi connectivity index (χ1n) is 8.60. The molecule has 1 aromatic heterocycles. The van der Waals surface area contributed by atoms with Gasteiger partial charge in [-0.25, -0.2) is 0 Å². The zero-order valence-corrected chi connectivity index (χ0v) is 15.0. The molecule has 0 aromatic carbocycles. The van der Waals surface area contributed by atoms with Gasteiger partial charge in [-0.1, -0.05) is 30.6 Å². The van der Waals surface area contributed by atoms with Crippen molar-refractivity contribution in [2.75, 3.05) is 6.61 Å². The fraction of sp³-hybridized carbons (Fsp3) is 0.765. The number of hydrogen-bond acceptors (Lipinski definition) is 4. The highest BCUT2D eigenvalue weighted by Gasteiger charge is 2.24. The van der Waals surface area contributed by atoms with Gasteiger partial charge >= 0.3 is 4.87 Å². The van der Waals surface area contributed by atoms with Crippen LogP contribution in [0.3, 0.4) is 0 Å². The summed E-state index contributed by atoms with van der Waals surface area (Å²) in [5.41, 5.74) is 0.951. The maximum atomic E-state index is 12.3. The van der Waals surface area contributed by atoms with E-state index >= 15 is 0 Å². The van der Waals surface area contributed by atoms with E-state index in [1.165, 1.54) is 30.6 Å². The van der Waals surface area contributed by atoms with Crippen LogP contribution in [0.25, 0.3) is 0 Å². The summed E-state index contributed by atoms with van der Waals surface area (Å²) in [6, 6.07) is 0.0647. The van der Waals surface area contributed by atoms with Gasteiger partial charge in [-0.3, -0.25) is 9.59 Å². The molecule has 0 radical (unpaired) electrons. The Bertz CT molecular complexity index is 573. The average molecular weight is 340 g/mol. The highest BCUT2D eigenvalue weighted by Crippen LogP contribution is 2.27. The molecule has 1 aliphatic rings. The molecule has 1 aromatic rings. The number of aryl methyl sites for hydroxylation is 1. The minimum Gasteiger partial charge on any atom is -0.396 e. The Morgan fingerprint density at radius 1 is 1.35 bits per heavy atom. The van der Waals surface area contributed by atoms with E-state index in [1.54, 1.807) is 4.57 Å². The van der Waals surface area contributed by atoms with Gasteiger partial charge in [0.1, 0.15) is 0 Å². The van der Waals surface area contributed by atoms with Crippen molar-refractivity contribution < 1.29 is 9.90 Å². The van der Waals surface area contributed by atoms with Crippen molar-refractivity contribution in [2.24, 2.45) is 5.92 Å². The summed E-state index contributed by atoms with van der Waals surface area (Å²) < 4.78 is 1.68. The van der Waals surface area contributed by atoms with Crippen molar-refractivity contribution in [2.45, 2.75) is 71.4 Å². The predicted molar refractivity (Wildman–Crippen MR) is 92.9 cm³/mol. The topological polar surface area (TPSA) is 71.3 Å². The molecule has 5 nitrogen and oxygen atoms in total. The molecule has 1 unspecified atom stereocenters. The van der Waals surface area contributed by atoms with E-state index in [1.807, 2.05) is 13.8 Å². The first-order chi connectivity index (χ1) is 11.0. The molecular formula is C17H28N2O3S. The van der Waals surface area contributed by atoms with E-state index in [0.29, 0.717) is 25.3 Å². The Morgan fingerprint density at radius 3 is 2.61 bits per heavy atom. The van der Waals surface area contributed by atoms with Gasteiger partial charge in [-0.15, -0.1) is 0 Å². The van der Waals surface area contributed by atoms with Crippen LogP contribution in [0.1, 0.15) is 55.5 Å². The molecule has 1 aliphatic carbocycles. The molecule has 1 atom stereocenters. The highest BCUT2D eigenvalue weighted by atomic mass is 32.1. The lowest BCUT2D eigenvalue weighted by atomic mass is 9.82. The largest absolute Gasteiger partial charge is 0.396 e. The Balaban J connectivity index is 1.89. The number of nitrogens with zero attached hydrogens (tertiary/aromatic N) is 1. The zero-order valence-electron chi connectivity index (χ0n) is 14.1. The molecule has 23 heavy (non-hydrogen) atoms. The zero-order chi connectivity index (χ0) is 16.8. The average Bonchev–Trinajstić information content (AvgIpc) is 2.78. The van der Waals surface area contributed by atoms with E-state index in [-0.39, 0.29) is 23.4 Å². The molecule has 1 heterocycles. The lowest BCUT2D eigenvalue weighted by molar-refractivity contribution is -0.122. The van der Waals surface area contributed by atoms with Crippen LogP contribution < -0.4 is 10.2 Å². The quantitative estimate of drug-likeness (QED) is 0.800. The Hall–Kier alpha value is -1.14. The molecule has 1 fully saturated rings. The van der Waals surface area contributed by atoms with Crippen molar-refractivity contribution in [3.05, 3.63) is 20.2 Å². The number of thiazole rings is 1. The van der Waals surface area contributed by atoms with Gasteiger partial charge in [0, 0.05) is 36.2 Å². The van der Waals surface area contributed by atoms with E-state index in [9.17, 15) is 14.7 Å². The molecule has 130 valence electrons. The number of carbonyl (C=O) groups is 1. The molecule has 0 aliphatic heterocycles. The number of aliphatic hydroxyl groups is 1. The van der Waals surface area contributed by atoms with Crippen molar-refractivity contribution >= 4 is 17.2 Å². The fourth-order valence-corrected chi connectivity index (χ4v) is 4.30. The van der Waals surface area contributed by atoms with Crippen molar-refractivity contribution in [1.82, 2.24) is 9.88 Å². The van der Waals surface area contributed by atoms with Gasteiger partial charge in [0.15, 0.2) is 0 Å². The first-order valence-corrected chi connectivity index (χ1v) is 9.41. The maximum Gasteiger partial charge on any atom is 0.307 e. The van der Waals surface area contributed by atoms with Crippen molar-refractivity contribution in [3.8, 4) is 0 Å². The SMILES string of the molecule is Cc1sc(=O)n(CCC(=O)NC(CCO)C2CCCCC2)c1C. The second kappa shape index (κ2) is 8.64. The van der Waals surface area contributed by atoms with Gasteiger partial charge in [0.05, 0.1) is 0 Å². The summed E-state index contributed by atoms with van der Waals surface area (Å²) in [5.74, 6) is 0.455. The molecule has 0 spiro atoms. The van der Waals surface area contributed by atoms with E-state index in [4.69, 9.17) is 0 Å². The molecule has 2 N–H and O–H groups in total. The smallest absolute Gasteiger partial charge is 0.307 e. The summed E-state index contributed by atoms with van der Waals surface area (Å²) in [6.45, 7) is 4.38. The second-order valence-electron chi connectivity index (χ2n) is 6.50. The Morgan fingerprint density at radius 2 is 2.04 bits per heavy atom. The van der Waals surface area contributed by atoms with Crippen LogP contribution in [-0.4, -0.2) is 28.2 Å². The predicted octanol–water partition coefficient (Wildman–Crippen LogP) is 2.36. The van der Waals surface area contributed by atoms with Crippen LogP contribution in [0, 0.1) is 19.8 Å². The normalized spacial score (nSPS) is 17.2.